The second-order valence-corrected chi connectivity index (χ2v) is 4.90. The van der Waals surface area contributed by atoms with E-state index in [4.69, 9.17) is 10.5 Å². The molecule has 2 atom stereocenters. The third-order valence-electron chi connectivity index (χ3n) is 3.48. The fourth-order valence-electron chi connectivity index (χ4n) is 2.41. The van der Waals surface area contributed by atoms with Crippen LogP contribution in [0.2, 0.25) is 0 Å². The van der Waals surface area contributed by atoms with Gasteiger partial charge in [-0.2, -0.15) is 0 Å². The van der Waals surface area contributed by atoms with E-state index in [1.165, 1.54) is 6.08 Å². The first kappa shape index (κ1) is 13.0. The van der Waals surface area contributed by atoms with Gasteiger partial charge in [0.25, 0.3) is 0 Å². The molecule has 2 aliphatic carbocycles. The van der Waals surface area contributed by atoms with E-state index in [2.05, 4.69) is 0 Å². The lowest BCUT2D eigenvalue weighted by Crippen LogP contribution is -2.32. The van der Waals surface area contributed by atoms with E-state index in [-0.39, 0.29) is 23.9 Å². The Morgan fingerprint density at radius 3 is 2.72 bits per heavy atom. The van der Waals surface area contributed by atoms with Gasteiger partial charge in [-0.1, -0.05) is 0 Å². The summed E-state index contributed by atoms with van der Waals surface area (Å²) in [4.78, 5) is 34.1. The van der Waals surface area contributed by atoms with E-state index in [0.29, 0.717) is 31.4 Å². The quantitative estimate of drug-likeness (QED) is 0.752. The first-order valence-electron chi connectivity index (χ1n) is 6.28. The van der Waals surface area contributed by atoms with Crippen LogP contribution in [0.1, 0.15) is 38.5 Å². The van der Waals surface area contributed by atoms with E-state index in [1.54, 1.807) is 0 Å². The van der Waals surface area contributed by atoms with Crippen LogP contribution >= 0.6 is 0 Å². The van der Waals surface area contributed by atoms with Crippen LogP contribution in [0.3, 0.4) is 0 Å². The molecule has 0 amide bonds. The summed E-state index contributed by atoms with van der Waals surface area (Å²) in [6.07, 6.45) is 4.49. The van der Waals surface area contributed by atoms with Crippen molar-refractivity contribution in [3.05, 3.63) is 11.8 Å². The minimum atomic E-state index is -0.542. The molecular weight excluding hydrogens is 234 g/mol. The van der Waals surface area contributed by atoms with Gasteiger partial charge in [0.15, 0.2) is 5.78 Å². The van der Waals surface area contributed by atoms with E-state index in [9.17, 15) is 14.4 Å². The highest BCUT2D eigenvalue weighted by Gasteiger charge is 2.33. The lowest BCUT2D eigenvalue weighted by atomic mass is 10.00. The number of ketones is 2. The van der Waals surface area contributed by atoms with Crippen molar-refractivity contribution in [2.24, 2.45) is 11.7 Å². The Labute approximate surface area is 105 Å². The number of carbonyl (C=O) groups excluding carboxylic acids is 3. The number of hydrogen-bond donors (Lipinski definition) is 1. The maximum atomic E-state index is 11.7. The molecule has 0 heterocycles. The number of ether oxygens (including phenoxy) is 1. The Bertz CT molecular complexity index is 413. The molecule has 0 saturated heterocycles. The number of hydrogen-bond acceptors (Lipinski definition) is 5. The molecule has 0 aromatic carbocycles. The van der Waals surface area contributed by atoms with Crippen molar-refractivity contribution in [1.82, 2.24) is 0 Å². The largest absolute Gasteiger partial charge is 0.431 e. The predicted molar refractivity (Wildman–Crippen MR) is 63.4 cm³/mol. The fraction of sp³-hybridized carbons (Fsp3) is 0.615. The van der Waals surface area contributed by atoms with Crippen LogP contribution in [0.15, 0.2) is 11.8 Å². The summed E-state index contributed by atoms with van der Waals surface area (Å²) in [6, 6.07) is -0.542. The Morgan fingerprint density at radius 1 is 1.33 bits per heavy atom. The second kappa shape index (κ2) is 5.44. The first-order valence-corrected chi connectivity index (χ1v) is 6.28. The van der Waals surface area contributed by atoms with Crippen LogP contribution in [0.25, 0.3) is 0 Å². The topological polar surface area (TPSA) is 86.5 Å². The van der Waals surface area contributed by atoms with Crippen LogP contribution in [0.4, 0.5) is 0 Å². The zero-order valence-corrected chi connectivity index (χ0v) is 10.2. The molecule has 2 aliphatic rings. The summed E-state index contributed by atoms with van der Waals surface area (Å²) >= 11 is 0. The lowest BCUT2D eigenvalue weighted by molar-refractivity contribution is -0.141. The molecule has 0 aliphatic heterocycles. The average Bonchev–Trinajstić information content (AvgIpc) is 2.61. The molecule has 0 radical (unpaired) electrons. The molecule has 1 fully saturated rings. The summed E-state index contributed by atoms with van der Waals surface area (Å²) < 4.78 is 5.14. The van der Waals surface area contributed by atoms with Gasteiger partial charge in [-0.3, -0.25) is 14.4 Å². The number of Topliss-reactive ketones (excluding diaryl/α,β-unsaturated/α-hetero) is 1. The van der Waals surface area contributed by atoms with Gasteiger partial charge in [0.05, 0.1) is 12.5 Å². The highest BCUT2D eigenvalue weighted by atomic mass is 16.5. The molecular formula is C13H17NO4. The van der Waals surface area contributed by atoms with Crippen LogP contribution in [0.5, 0.6) is 0 Å². The average molecular weight is 251 g/mol. The highest BCUT2D eigenvalue weighted by molar-refractivity contribution is 5.91. The van der Waals surface area contributed by atoms with Crippen LogP contribution in [-0.2, 0) is 19.1 Å². The number of esters is 1. The smallest absolute Gasteiger partial charge is 0.311 e. The van der Waals surface area contributed by atoms with Gasteiger partial charge in [-0.25, -0.2) is 0 Å². The minimum Gasteiger partial charge on any atom is -0.431 e. The van der Waals surface area contributed by atoms with Crippen molar-refractivity contribution in [3.63, 3.8) is 0 Å². The van der Waals surface area contributed by atoms with Gasteiger partial charge >= 0.3 is 5.97 Å². The SMILES string of the molecule is NC1C(=O)CCC1CC(=O)OC1=CC(=O)CCC1. The summed E-state index contributed by atoms with van der Waals surface area (Å²) in [5.41, 5.74) is 5.70. The van der Waals surface area contributed by atoms with Crippen molar-refractivity contribution in [1.29, 1.82) is 0 Å². The molecule has 5 nitrogen and oxygen atoms in total. The molecule has 0 spiro atoms. The Kier molecular flexibility index (Phi) is 3.91. The third kappa shape index (κ3) is 3.04. The van der Waals surface area contributed by atoms with Crippen molar-refractivity contribution in [2.75, 3.05) is 0 Å². The second-order valence-electron chi connectivity index (χ2n) is 4.90. The van der Waals surface area contributed by atoms with Gasteiger partial charge in [-0.15, -0.1) is 0 Å². The van der Waals surface area contributed by atoms with Gasteiger partial charge in [0.2, 0.25) is 0 Å². The molecule has 2 rings (SSSR count). The molecule has 5 heteroatoms. The zero-order chi connectivity index (χ0) is 13.1. The molecule has 1 saturated carbocycles. The number of carbonyl (C=O) groups is 3. The first-order chi connectivity index (χ1) is 8.56. The number of nitrogens with two attached hydrogens (primary N) is 1. The molecule has 0 bridgehead atoms. The van der Waals surface area contributed by atoms with Gasteiger partial charge in [0, 0.05) is 25.3 Å². The predicted octanol–water partition coefficient (Wildman–Crippen LogP) is 0.863. The Balaban J connectivity index is 1.85. The summed E-state index contributed by atoms with van der Waals surface area (Å²) in [5, 5.41) is 0. The zero-order valence-electron chi connectivity index (χ0n) is 10.2. The molecule has 2 unspecified atom stereocenters. The number of allylic oxidation sites excluding steroid dienone is 2. The van der Waals surface area contributed by atoms with Gasteiger partial charge in [-0.05, 0) is 18.8 Å². The normalized spacial score (nSPS) is 28.2. The third-order valence-corrected chi connectivity index (χ3v) is 3.48. The maximum absolute atomic E-state index is 11.7. The number of rotatable bonds is 3. The molecule has 0 aromatic rings. The van der Waals surface area contributed by atoms with E-state index in [0.717, 1.165) is 6.42 Å². The van der Waals surface area contributed by atoms with Gasteiger partial charge in [0.1, 0.15) is 11.5 Å². The molecule has 98 valence electrons. The van der Waals surface area contributed by atoms with E-state index >= 15 is 0 Å². The standard InChI is InChI=1S/C13H17NO4/c14-13-8(4-5-11(13)16)6-12(17)18-10-3-1-2-9(15)7-10/h7-8,13H,1-6,14H2. The summed E-state index contributed by atoms with van der Waals surface area (Å²) in [7, 11) is 0. The summed E-state index contributed by atoms with van der Waals surface area (Å²) in [6.45, 7) is 0. The lowest BCUT2D eigenvalue weighted by Gasteiger charge is -2.15. The monoisotopic (exact) mass is 251 g/mol. The van der Waals surface area contributed by atoms with Crippen LogP contribution in [0, 0.1) is 5.92 Å². The van der Waals surface area contributed by atoms with Crippen molar-refractivity contribution >= 4 is 17.5 Å². The van der Waals surface area contributed by atoms with E-state index < -0.39 is 12.0 Å². The van der Waals surface area contributed by atoms with E-state index in [1.807, 2.05) is 0 Å². The summed E-state index contributed by atoms with van der Waals surface area (Å²) in [5.74, 6) is -0.0678. The molecule has 2 N–H and O–H groups in total. The molecule has 18 heavy (non-hydrogen) atoms. The highest BCUT2D eigenvalue weighted by Crippen LogP contribution is 2.25. The van der Waals surface area contributed by atoms with Crippen molar-refractivity contribution in [3.8, 4) is 0 Å². The maximum Gasteiger partial charge on any atom is 0.311 e. The Hall–Kier alpha value is -1.49. The van der Waals surface area contributed by atoms with Gasteiger partial charge < -0.3 is 10.5 Å². The van der Waals surface area contributed by atoms with Crippen molar-refractivity contribution < 1.29 is 19.1 Å². The van der Waals surface area contributed by atoms with Crippen molar-refractivity contribution in [2.45, 2.75) is 44.6 Å². The fourth-order valence-corrected chi connectivity index (χ4v) is 2.41. The van der Waals surface area contributed by atoms with Crippen LogP contribution in [-0.4, -0.2) is 23.6 Å². The molecule has 0 aromatic heterocycles. The van der Waals surface area contributed by atoms with Crippen LogP contribution < -0.4 is 5.73 Å². The minimum absolute atomic E-state index is 0.00297. The Morgan fingerprint density at radius 2 is 2.11 bits per heavy atom.